The number of benzene rings is 1. The lowest BCUT2D eigenvalue weighted by molar-refractivity contribution is -0.892. The summed E-state index contributed by atoms with van der Waals surface area (Å²) in [5, 5.41) is 3.01. The van der Waals surface area contributed by atoms with E-state index in [1.54, 1.807) is 6.26 Å². The molecule has 2 N–H and O–H groups in total. The Hall–Kier alpha value is -2.27. The molecule has 1 atom stereocenters. The first-order valence-corrected chi connectivity index (χ1v) is 8.60. The minimum Gasteiger partial charge on any atom is -0.467 e. The normalized spacial score (nSPS) is 16.8. The van der Waals surface area contributed by atoms with E-state index in [2.05, 4.69) is 41.4 Å². The summed E-state index contributed by atoms with van der Waals surface area (Å²) in [7, 11) is 0. The minimum absolute atomic E-state index is 0.0817. The van der Waals surface area contributed by atoms with Gasteiger partial charge >= 0.3 is 0 Å². The molecule has 3 rings (SSSR count). The highest BCUT2D eigenvalue weighted by Crippen LogP contribution is 2.18. The molecule has 1 aromatic carbocycles. The Bertz CT molecular complexity index is 661. The van der Waals surface area contributed by atoms with E-state index in [1.807, 2.05) is 19.1 Å². The zero-order valence-electron chi connectivity index (χ0n) is 14.4. The zero-order valence-corrected chi connectivity index (χ0v) is 14.4. The first-order chi connectivity index (χ1) is 11.6. The van der Waals surface area contributed by atoms with Crippen LogP contribution in [0.1, 0.15) is 24.3 Å². The van der Waals surface area contributed by atoms with Crippen molar-refractivity contribution in [2.24, 2.45) is 0 Å². The molecule has 0 spiro atoms. The highest BCUT2D eigenvalue weighted by molar-refractivity contribution is 5.77. The first-order valence-electron chi connectivity index (χ1n) is 8.60. The fraction of sp³-hybridized carbons (Fsp3) is 0.421. The van der Waals surface area contributed by atoms with Gasteiger partial charge in [-0.05, 0) is 37.6 Å². The molecule has 0 unspecified atom stereocenters. The van der Waals surface area contributed by atoms with Gasteiger partial charge in [-0.2, -0.15) is 0 Å². The molecule has 24 heavy (non-hydrogen) atoms. The molecule has 1 aliphatic heterocycles. The van der Waals surface area contributed by atoms with E-state index in [0.717, 1.165) is 31.9 Å². The van der Waals surface area contributed by atoms with Crippen LogP contribution >= 0.6 is 0 Å². The van der Waals surface area contributed by atoms with Crippen molar-refractivity contribution >= 4 is 11.6 Å². The van der Waals surface area contributed by atoms with Crippen molar-refractivity contribution in [2.45, 2.75) is 19.9 Å². The number of nitrogens with zero attached hydrogens (tertiary/aromatic N) is 1. The van der Waals surface area contributed by atoms with Crippen LogP contribution in [0.15, 0.2) is 47.1 Å². The van der Waals surface area contributed by atoms with E-state index in [4.69, 9.17) is 4.42 Å². The lowest BCUT2D eigenvalue weighted by atomic mass is 10.1. The fourth-order valence-corrected chi connectivity index (χ4v) is 3.29. The van der Waals surface area contributed by atoms with E-state index < -0.39 is 0 Å². The number of rotatable bonds is 5. The smallest absolute Gasteiger partial charge is 0.275 e. The Morgan fingerprint density at radius 2 is 2.00 bits per heavy atom. The summed E-state index contributed by atoms with van der Waals surface area (Å²) in [4.78, 5) is 16.0. The van der Waals surface area contributed by atoms with Gasteiger partial charge in [-0.1, -0.05) is 18.2 Å². The van der Waals surface area contributed by atoms with Crippen molar-refractivity contribution in [2.75, 3.05) is 37.6 Å². The third-order valence-electron chi connectivity index (χ3n) is 4.68. The molecule has 0 bridgehead atoms. The van der Waals surface area contributed by atoms with E-state index in [9.17, 15) is 4.79 Å². The van der Waals surface area contributed by atoms with Gasteiger partial charge in [0.15, 0.2) is 6.54 Å². The number of hydrogen-bond acceptors (Lipinski definition) is 3. The Kier molecular flexibility index (Phi) is 5.20. The second-order valence-corrected chi connectivity index (χ2v) is 6.50. The van der Waals surface area contributed by atoms with Gasteiger partial charge in [0, 0.05) is 5.69 Å². The van der Waals surface area contributed by atoms with Crippen molar-refractivity contribution in [1.82, 2.24) is 5.32 Å². The van der Waals surface area contributed by atoms with Crippen LogP contribution in [-0.2, 0) is 4.79 Å². The molecule has 2 aromatic rings. The second-order valence-electron chi connectivity index (χ2n) is 6.50. The molecule has 0 radical (unpaired) electrons. The Labute approximate surface area is 143 Å². The highest BCUT2D eigenvalue weighted by atomic mass is 16.3. The van der Waals surface area contributed by atoms with Crippen molar-refractivity contribution in [3.05, 3.63) is 54.0 Å². The topological polar surface area (TPSA) is 49.9 Å². The van der Waals surface area contributed by atoms with Gasteiger partial charge in [0.25, 0.3) is 5.91 Å². The van der Waals surface area contributed by atoms with Crippen molar-refractivity contribution in [1.29, 1.82) is 0 Å². The Morgan fingerprint density at radius 1 is 1.25 bits per heavy atom. The predicted molar refractivity (Wildman–Crippen MR) is 94.2 cm³/mol. The Balaban J connectivity index is 1.47. The number of carbonyl (C=O) groups excluding carboxylic acids is 1. The summed E-state index contributed by atoms with van der Waals surface area (Å²) in [6.45, 7) is 8.56. The van der Waals surface area contributed by atoms with Gasteiger partial charge in [0.2, 0.25) is 0 Å². The van der Waals surface area contributed by atoms with Gasteiger partial charge in [0.1, 0.15) is 5.76 Å². The average molecular weight is 328 g/mol. The van der Waals surface area contributed by atoms with Crippen LogP contribution in [0, 0.1) is 6.92 Å². The number of carbonyl (C=O) groups is 1. The predicted octanol–water partition coefficient (Wildman–Crippen LogP) is 1.17. The molecule has 1 aliphatic rings. The number of hydrogen-bond donors (Lipinski definition) is 2. The van der Waals surface area contributed by atoms with Gasteiger partial charge in [-0.25, -0.2) is 0 Å². The number of furan rings is 1. The lowest BCUT2D eigenvalue weighted by Gasteiger charge is -2.34. The average Bonchev–Trinajstić information content (AvgIpc) is 3.11. The third-order valence-corrected chi connectivity index (χ3v) is 4.68. The number of piperazine rings is 1. The van der Waals surface area contributed by atoms with Crippen LogP contribution in [0.25, 0.3) is 0 Å². The molecule has 1 saturated heterocycles. The van der Waals surface area contributed by atoms with Crippen LogP contribution in [-0.4, -0.2) is 38.6 Å². The standard InChI is InChI=1S/C19H25N3O2/c1-15-6-3-4-7-17(15)22-11-9-21(10-12-22)14-19(23)20-16(2)18-8-5-13-24-18/h3-8,13,16H,9-12,14H2,1-2H3,(H,20,23)/p+1/t16-/m0/s1. The molecule has 5 nitrogen and oxygen atoms in total. The minimum atomic E-state index is -0.0832. The van der Waals surface area contributed by atoms with Crippen LogP contribution < -0.4 is 15.1 Å². The van der Waals surface area contributed by atoms with Gasteiger partial charge in [0.05, 0.1) is 38.5 Å². The van der Waals surface area contributed by atoms with Crippen LogP contribution in [0.4, 0.5) is 5.69 Å². The van der Waals surface area contributed by atoms with Crippen molar-refractivity contribution < 1.29 is 14.1 Å². The largest absolute Gasteiger partial charge is 0.467 e. The summed E-state index contributed by atoms with van der Waals surface area (Å²) in [6, 6.07) is 12.1. The van der Waals surface area contributed by atoms with Crippen molar-refractivity contribution in [3.8, 4) is 0 Å². The first kappa shape index (κ1) is 16.6. The van der Waals surface area contributed by atoms with E-state index >= 15 is 0 Å². The number of anilines is 1. The maximum atomic E-state index is 12.2. The fourth-order valence-electron chi connectivity index (χ4n) is 3.29. The van der Waals surface area contributed by atoms with E-state index in [-0.39, 0.29) is 11.9 Å². The molecule has 128 valence electrons. The maximum absolute atomic E-state index is 12.2. The zero-order chi connectivity index (χ0) is 16.9. The molecule has 2 heterocycles. The molecule has 1 aromatic heterocycles. The Morgan fingerprint density at radius 3 is 2.67 bits per heavy atom. The number of aryl methyl sites for hydroxylation is 1. The third kappa shape index (κ3) is 3.97. The second kappa shape index (κ2) is 7.53. The monoisotopic (exact) mass is 328 g/mol. The molecule has 1 amide bonds. The van der Waals surface area contributed by atoms with Gasteiger partial charge in [-0.15, -0.1) is 0 Å². The summed E-state index contributed by atoms with van der Waals surface area (Å²) >= 11 is 0. The summed E-state index contributed by atoms with van der Waals surface area (Å²) in [6.07, 6.45) is 1.63. The van der Waals surface area contributed by atoms with Gasteiger partial charge < -0.3 is 19.5 Å². The molecule has 0 saturated carbocycles. The molecule has 0 aliphatic carbocycles. The number of amides is 1. The molecular weight excluding hydrogens is 302 g/mol. The van der Waals surface area contributed by atoms with E-state index in [1.165, 1.54) is 16.2 Å². The number of para-hydroxylation sites is 1. The summed E-state index contributed by atoms with van der Waals surface area (Å²) in [5.74, 6) is 0.876. The summed E-state index contributed by atoms with van der Waals surface area (Å²) < 4.78 is 5.33. The number of quaternary nitrogens is 1. The number of nitrogens with one attached hydrogen (secondary N) is 2. The highest BCUT2D eigenvalue weighted by Gasteiger charge is 2.23. The molecular formula is C19H26N3O2+. The maximum Gasteiger partial charge on any atom is 0.275 e. The molecule has 5 heteroatoms. The summed E-state index contributed by atoms with van der Waals surface area (Å²) in [5.41, 5.74) is 2.62. The van der Waals surface area contributed by atoms with Crippen molar-refractivity contribution in [3.63, 3.8) is 0 Å². The SMILES string of the molecule is Cc1ccccc1N1CC[NH+](CC(=O)N[C@@H](C)c2ccco2)CC1. The van der Waals surface area contributed by atoms with Gasteiger partial charge in [-0.3, -0.25) is 4.79 Å². The van der Waals surface area contributed by atoms with E-state index in [0.29, 0.717) is 6.54 Å². The van der Waals surface area contributed by atoms with Crippen LogP contribution in [0.3, 0.4) is 0 Å². The van der Waals surface area contributed by atoms with Crippen LogP contribution in [0.5, 0.6) is 0 Å². The molecule has 1 fully saturated rings. The van der Waals surface area contributed by atoms with Crippen LogP contribution in [0.2, 0.25) is 0 Å². The quantitative estimate of drug-likeness (QED) is 0.866. The lowest BCUT2D eigenvalue weighted by Crippen LogP contribution is -3.16.